The van der Waals surface area contributed by atoms with Gasteiger partial charge in [0.1, 0.15) is 5.82 Å². The van der Waals surface area contributed by atoms with E-state index in [1.165, 1.54) is 0 Å². The van der Waals surface area contributed by atoms with Crippen LogP contribution in [0.25, 0.3) is 10.8 Å². The largest absolute Gasteiger partial charge is 0.392 e. The minimum Gasteiger partial charge on any atom is -0.392 e. The minimum absolute atomic E-state index is 0.111. The van der Waals surface area contributed by atoms with Gasteiger partial charge in [-0.2, -0.15) is 0 Å². The Balaban J connectivity index is 2.22. The van der Waals surface area contributed by atoms with Gasteiger partial charge in [-0.05, 0) is 24.3 Å². The Kier molecular flexibility index (Phi) is 2.83. The van der Waals surface area contributed by atoms with Crippen molar-refractivity contribution in [2.45, 2.75) is 24.9 Å². The van der Waals surface area contributed by atoms with Crippen molar-refractivity contribution in [3.05, 3.63) is 29.7 Å². The summed E-state index contributed by atoms with van der Waals surface area (Å²) in [6.07, 6.45) is 4.78. The zero-order valence-corrected chi connectivity index (χ0v) is 11.2. The third-order valence-electron chi connectivity index (χ3n) is 3.97. The molecule has 6 heteroatoms. The molecule has 3 rings (SSSR count). The van der Waals surface area contributed by atoms with Gasteiger partial charge in [0, 0.05) is 30.4 Å². The lowest BCUT2D eigenvalue weighted by molar-refractivity contribution is -0.120. The quantitative estimate of drug-likeness (QED) is 0.759. The van der Waals surface area contributed by atoms with Gasteiger partial charge in [0.15, 0.2) is 0 Å². The van der Waals surface area contributed by atoms with Gasteiger partial charge in [0.05, 0.1) is 17.7 Å². The van der Waals surface area contributed by atoms with Crippen LogP contribution in [0.5, 0.6) is 0 Å². The Hall–Kier alpha value is -2.21. The molecule has 1 aliphatic rings. The smallest absolute Gasteiger partial charge is 0.229 e. The minimum atomic E-state index is -0.621. The van der Waals surface area contributed by atoms with Crippen molar-refractivity contribution in [2.24, 2.45) is 5.73 Å². The number of primary amides is 1. The van der Waals surface area contributed by atoms with Crippen LogP contribution < -0.4 is 11.1 Å². The molecule has 0 radical (unpaired) electrons. The second-order valence-corrected chi connectivity index (χ2v) is 5.10. The summed E-state index contributed by atoms with van der Waals surface area (Å²) in [7, 11) is 1.78. The number of aromatic nitrogens is 2. The monoisotopic (exact) mass is 272 g/mol. The first-order valence-electron chi connectivity index (χ1n) is 6.49. The molecule has 2 aromatic rings. The molecule has 0 atom stereocenters. The first kappa shape index (κ1) is 12.8. The highest BCUT2D eigenvalue weighted by Gasteiger charge is 2.51. The number of aliphatic hydroxyl groups excluding tert-OH is 1. The number of rotatable bonds is 4. The van der Waals surface area contributed by atoms with Crippen molar-refractivity contribution in [1.82, 2.24) is 9.97 Å². The molecule has 6 nitrogen and oxygen atoms in total. The summed E-state index contributed by atoms with van der Waals surface area (Å²) in [6, 6.07) is 1.85. The summed E-state index contributed by atoms with van der Waals surface area (Å²) in [5.74, 6) is 0.359. The normalized spacial score (nSPS) is 16.1. The highest BCUT2D eigenvalue weighted by molar-refractivity contribution is 5.95. The van der Waals surface area contributed by atoms with E-state index in [2.05, 4.69) is 15.3 Å². The molecule has 1 fully saturated rings. The predicted octanol–water partition coefficient (Wildman–Crippen LogP) is 0.681. The fraction of sp³-hybridized carbons (Fsp3) is 0.357. The Morgan fingerprint density at radius 3 is 2.70 bits per heavy atom. The third-order valence-corrected chi connectivity index (χ3v) is 3.97. The fourth-order valence-electron chi connectivity index (χ4n) is 2.53. The van der Waals surface area contributed by atoms with Gasteiger partial charge in [-0.1, -0.05) is 0 Å². The number of anilines is 1. The van der Waals surface area contributed by atoms with Crippen molar-refractivity contribution in [3.63, 3.8) is 0 Å². The highest BCUT2D eigenvalue weighted by Crippen LogP contribution is 2.47. The van der Waals surface area contributed by atoms with Crippen molar-refractivity contribution < 1.29 is 9.90 Å². The van der Waals surface area contributed by atoms with Gasteiger partial charge in [-0.3, -0.25) is 9.78 Å². The number of carbonyl (C=O) groups is 1. The standard InChI is InChI=1S/C14H16N4O2/c1-16-12-10-6-17-11(14(2-3-14)13(15)20)4-9(10)8(7-19)5-18-12/h4-6,19H,2-3,7H2,1H3,(H2,15,20)(H,16,18). The maximum absolute atomic E-state index is 11.6. The number of hydrogen-bond donors (Lipinski definition) is 3. The number of carbonyl (C=O) groups excluding carboxylic acids is 1. The Morgan fingerprint density at radius 1 is 1.40 bits per heavy atom. The topological polar surface area (TPSA) is 101 Å². The summed E-state index contributed by atoms with van der Waals surface area (Å²) < 4.78 is 0. The number of hydrogen-bond acceptors (Lipinski definition) is 5. The summed E-state index contributed by atoms with van der Waals surface area (Å²) in [5, 5.41) is 14.1. The molecule has 4 N–H and O–H groups in total. The molecule has 0 aliphatic heterocycles. The third kappa shape index (κ3) is 1.72. The van der Waals surface area contributed by atoms with E-state index in [1.807, 2.05) is 6.07 Å². The summed E-state index contributed by atoms with van der Waals surface area (Å²) in [4.78, 5) is 20.2. The summed E-state index contributed by atoms with van der Waals surface area (Å²) >= 11 is 0. The van der Waals surface area contributed by atoms with E-state index in [4.69, 9.17) is 5.73 Å². The molecule has 0 aromatic carbocycles. The summed E-state index contributed by atoms with van der Waals surface area (Å²) in [5.41, 5.74) is 6.25. The van der Waals surface area contributed by atoms with E-state index in [-0.39, 0.29) is 12.5 Å². The molecule has 104 valence electrons. The summed E-state index contributed by atoms with van der Waals surface area (Å²) in [6.45, 7) is -0.111. The number of amides is 1. The first-order valence-corrected chi connectivity index (χ1v) is 6.49. The number of pyridine rings is 2. The van der Waals surface area contributed by atoms with E-state index in [0.717, 1.165) is 23.6 Å². The molecule has 1 aliphatic carbocycles. The number of nitrogens with two attached hydrogens (primary N) is 1. The van der Waals surface area contributed by atoms with Crippen molar-refractivity contribution in [3.8, 4) is 0 Å². The molecule has 2 aromatic heterocycles. The molecule has 20 heavy (non-hydrogen) atoms. The van der Waals surface area contributed by atoms with Crippen LogP contribution in [0, 0.1) is 0 Å². The Labute approximate surface area is 116 Å². The molecule has 0 spiro atoms. The molecule has 0 saturated heterocycles. The van der Waals surface area contributed by atoms with Crippen LogP contribution in [0.2, 0.25) is 0 Å². The van der Waals surface area contributed by atoms with E-state index >= 15 is 0 Å². The van der Waals surface area contributed by atoms with Crippen molar-refractivity contribution in [1.29, 1.82) is 0 Å². The van der Waals surface area contributed by atoms with Crippen LogP contribution >= 0.6 is 0 Å². The average molecular weight is 272 g/mol. The van der Waals surface area contributed by atoms with Crippen LogP contribution in [-0.4, -0.2) is 28.0 Å². The number of fused-ring (bicyclic) bond motifs is 1. The van der Waals surface area contributed by atoms with Crippen LogP contribution in [0.1, 0.15) is 24.1 Å². The highest BCUT2D eigenvalue weighted by atomic mass is 16.3. The van der Waals surface area contributed by atoms with Gasteiger partial charge in [0.2, 0.25) is 5.91 Å². The van der Waals surface area contributed by atoms with Crippen molar-refractivity contribution >= 4 is 22.5 Å². The second-order valence-electron chi connectivity index (χ2n) is 5.10. The van der Waals surface area contributed by atoms with E-state index in [9.17, 15) is 9.90 Å². The molecular weight excluding hydrogens is 256 g/mol. The fourth-order valence-corrected chi connectivity index (χ4v) is 2.53. The number of nitrogens with one attached hydrogen (secondary N) is 1. The predicted molar refractivity (Wildman–Crippen MR) is 75.1 cm³/mol. The van der Waals surface area contributed by atoms with Gasteiger partial charge in [-0.15, -0.1) is 0 Å². The molecular formula is C14H16N4O2. The zero-order chi connectivity index (χ0) is 14.3. The molecule has 2 heterocycles. The van der Waals surface area contributed by atoms with Gasteiger partial charge in [-0.25, -0.2) is 4.98 Å². The zero-order valence-electron chi connectivity index (χ0n) is 11.2. The van der Waals surface area contributed by atoms with Gasteiger partial charge in [0.25, 0.3) is 0 Å². The molecule has 0 unspecified atom stereocenters. The lowest BCUT2D eigenvalue weighted by Crippen LogP contribution is -2.29. The lowest BCUT2D eigenvalue weighted by atomic mass is 9.98. The number of nitrogens with zero attached hydrogens (tertiary/aromatic N) is 2. The Morgan fingerprint density at radius 2 is 2.15 bits per heavy atom. The van der Waals surface area contributed by atoms with E-state index in [0.29, 0.717) is 17.1 Å². The second kappa shape index (κ2) is 4.42. The van der Waals surface area contributed by atoms with Crippen LogP contribution in [0.4, 0.5) is 5.82 Å². The van der Waals surface area contributed by atoms with Gasteiger partial charge < -0.3 is 16.2 Å². The average Bonchev–Trinajstić information content (AvgIpc) is 3.27. The van der Waals surface area contributed by atoms with E-state index in [1.54, 1.807) is 19.4 Å². The maximum atomic E-state index is 11.6. The molecule has 0 bridgehead atoms. The van der Waals surface area contributed by atoms with Crippen LogP contribution in [0.3, 0.4) is 0 Å². The van der Waals surface area contributed by atoms with Crippen LogP contribution in [0.15, 0.2) is 18.5 Å². The SMILES string of the molecule is CNc1ncc(CO)c2cc(C3(C(N)=O)CC3)ncc12. The Bertz CT molecular complexity index is 695. The molecule has 1 amide bonds. The molecule has 1 saturated carbocycles. The first-order chi connectivity index (χ1) is 9.62. The van der Waals surface area contributed by atoms with Crippen molar-refractivity contribution in [2.75, 3.05) is 12.4 Å². The maximum Gasteiger partial charge on any atom is 0.229 e. The van der Waals surface area contributed by atoms with E-state index < -0.39 is 5.41 Å². The van der Waals surface area contributed by atoms with Crippen LogP contribution in [-0.2, 0) is 16.8 Å². The lowest BCUT2D eigenvalue weighted by Gasteiger charge is -2.13. The number of aliphatic hydroxyl groups is 1. The van der Waals surface area contributed by atoms with Gasteiger partial charge >= 0.3 is 0 Å².